The number of rotatable bonds is 2. The molecular formula is C14H12. The van der Waals surface area contributed by atoms with Gasteiger partial charge in [-0.2, -0.15) is 0 Å². The molecular weight excluding hydrogens is 168 g/mol. The van der Waals surface area contributed by atoms with Crippen LogP contribution in [0.4, 0.5) is 0 Å². The van der Waals surface area contributed by atoms with E-state index >= 15 is 0 Å². The van der Waals surface area contributed by atoms with E-state index in [4.69, 9.17) is 13.7 Å². The van der Waals surface area contributed by atoms with Gasteiger partial charge in [-0.15, -0.1) is 0 Å². The van der Waals surface area contributed by atoms with Crippen molar-refractivity contribution in [2.75, 3.05) is 0 Å². The third-order valence-electron chi connectivity index (χ3n) is 1.46. The van der Waals surface area contributed by atoms with Gasteiger partial charge in [-0.05, 0) is 11.1 Å². The summed E-state index contributed by atoms with van der Waals surface area (Å²) < 4.78 is 76.7. The molecule has 0 fully saturated rings. The maximum absolute atomic E-state index is 7.81. The normalized spacial score (nSPS) is 20.6. The molecule has 0 heteroatoms. The molecule has 2 aromatic carbocycles. The van der Waals surface area contributed by atoms with Crippen LogP contribution in [0.1, 0.15) is 24.8 Å². The largest absolute Gasteiger partial charge is 0.0629 e. The highest BCUT2D eigenvalue weighted by Crippen LogP contribution is 2.06. The van der Waals surface area contributed by atoms with Gasteiger partial charge in [0.15, 0.2) is 0 Å². The van der Waals surface area contributed by atoms with Crippen molar-refractivity contribution >= 4 is 12.2 Å². The first kappa shape index (κ1) is 2.83. The van der Waals surface area contributed by atoms with E-state index in [0.717, 1.165) is 12.2 Å². The number of hydrogen-bond donors (Lipinski definition) is 0. The van der Waals surface area contributed by atoms with Crippen LogP contribution in [0.3, 0.4) is 0 Å². The van der Waals surface area contributed by atoms with Gasteiger partial charge in [0.1, 0.15) is 0 Å². The SMILES string of the molecule is [2H]c1c([2H])c([2H])c(/C=C/c2c([2H])c([2H])c([2H])c([2H])c2[2H])c([2H])c1[2H]. The Kier molecular flexibility index (Phi) is 0.896. The molecule has 0 radical (unpaired) electrons. The Bertz CT molecular complexity index is 739. The Morgan fingerprint density at radius 1 is 0.643 bits per heavy atom. The lowest BCUT2D eigenvalue weighted by Crippen LogP contribution is -1.70. The Balaban J connectivity index is 2.67. The van der Waals surface area contributed by atoms with Gasteiger partial charge in [-0.3, -0.25) is 0 Å². The summed E-state index contributed by atoms with van der Waals surface area (Å²) in [7, 11) is 0. The summed E-state index contributed by atoms with van der Waals surface area (Å²) in [6.45, 7) is 0. The molecule has 14 heavy (non-hydrogen) atoms. The first-order chi connectivity index (χ1) is 11.1. The van der Waals surface area contributed by atoms with Gasteiger partial charge in [0.05, 0.1) is 13.7 Å². The fourth-order valence-corrected chi connectivity index (χ4v) is 0.853. The second-order valence-electron chi connectivity index (χ2n) is 2.41. The van der Waals surface area contributed by atoms with Crippen LogP contribution in [0.15, 0.2) is 60.4 Å². The summed E-state index contributed by atoms with van der Waals surface area (Å²) in [4.78, 5) is 0. The van der Waals surface area contributed by atoms with Crippen molar-refractivity contribution in [1.29, 1.82) is 0 Å². The molecule has 0 amide bonds. The van der Waals surface area contributed by atoms with Gasteiger partial charge >= 0.3 is 0 Å². The highest BCUT2D eigenvalue weighted by Gasteiger charge is 1.84. The molecule has 0 saturated carbocycles. The van der Waals surface area contributed by atoms with Crippen LogP contribution in [0, 0.1) is 0 Å². The number of hydrogen-bond acceptors (Lipinski definition) is 0. The van der Waals surface area contributed by atoms with Gasteiger partial charge in [0.2, 0.25) is 0 Å². The maximum Gasteiger partial charge on any atom is 0.0629 e. The zero-order valence-electron chi connectivity index (χ0n) is 17.2. The predicted molar refractivity (Wildman–Crippen MR) is 61.8 cm³/mol. The lowest BCUT2D eigenvalue weighted by molar-refractivity contribution is 1.65. The van der Waals surface area contributed by atoms with E-state index < -0.39 is 60.4 Å². The van der Waals surface area contributed by atoms with Crippen LogP contribution >= 0.6 is 0 Å². The van der Waals surface area contributed by atoms with Gasteiger partial charge in [0, 0.05) is 0 Å². The molecule has 0 unspecified atom stereocenters. The third kappa shape index (κ3) is 2.33. The van der Waals surface area contributed by atoms with Crippen LogP contribution in [0.25, 0.3) is 12.2 Å². The van der Waals surface area contributed by atoms with Crippen molar-refractivity contribution in [1.82, 2.24) is 0 Å². The van der Waals surface area contributed by atoms with Crippen molar-refractivity contribution in [3.63, 3.8) is 0 Å². The molecule has 0 aliphatic rings. The Morgan fingerprint density at radius 3 is 1.36 bits per heavy atom. The fraction of sp³-hybridized carbons (Fsp3) is 0. The molecule has 0 atom stereocenters. The highest BCUT2D eigenvalue weighted by atomic mass is 13.9. The quantitative estimate of drug-likeness (QED) is 0.631. The first-order valence-electron chi connectivity index (χ1n) is 8.91. The second kappa shape index (κ2) is 4.43. The minimum Gasteiger partial charge on any atom is -0.0622 e. The monoisotopic (exact) mass is 190 g/mol. The zero-order valence-corrected chi connectivity index (χ0v) is 7.15. The maximum atomic E-state index is 7.81. The average molecular weight is 190 g/mol. The van der Waals surface area contributed by atoms with E-state index in [9.17, 15) is 0 Å². The molecule has 0 saturated heterocycles. The fourth-order valence-electron chi connectivity index (χ4n) is 0.853. The van der Waals surface area contributed by atoms with Crippen molar-refractivity contribution in [2.24, 2.45) is 0 Å². The van der Waals surface area contributed by atoms with Crippen molar-refractivity contribution < 1.29 is 13.7 Å². The average Bonchev–Trinajstić information content (AvgIpc) is 2.57. The summed E-state index contributed by atoms with van der Waals surface area (Å²) in [6, 6.07) is -4.76. The molecule has 0 nitrogen and oxygen atoms in total. The van der Waals surface area contributed by atoms with Gasteiger partial charge in [0.25, 0.3) is 0 Å². The topological polar surface area (TPSA) is 0 Å². The van der Waals surface area contributed by atoms with Crippen molar-refractivity contribution in [3.8, 4) is 0 Å². The molecule has 0 aromatic heterocycles. The lowest BCUT2D eigenvalue weighted by Gasteiger charge is -1.92. The number of benzene rings is 2. The van der Waals surface area contributed by atoms with Gasteiger partial charge in [-0.1, -0.05) is 72.6 Å². The van der Waals surface area contributed by atoms with E-state index in [2.05, 4.69) is 0 Å². The summed E-state index contributed by atoms with van der Waals surface area (Å²) in [5.41, 5.74) is -0.236. The van der Waals surface area contributed by atoms with Crippen LogP contribution < -0.4 is 0 Å². The predicted octanol–water partition coefficient (Wildman–Crippen LogP) is 3.86. The van der Waals surface area contributed by atoms with Gasteiger partial charge in [-0.25, -0.2) is 0 Å². The minimum atomic E-state index is -0.523. The van der Waals surface area contributed by atoms with Gasteiger partial charge < -0.3 is 0 Å². The van der Waals surface area contributed by atoms with E-state index in [-0.39, 0.29) is 11.1 Å². The summed E-state index contributed by atoms with van der Waals surface area (Å²) >= 11 is 0. The molecule has 0 aliphatic carbocycles. The molecule has 0 bridgehead atoms. The molecule has 68 valence electrons. The van der Waals surface area contributed by atoms with Crippen LogP contribution in [0.2, 0.25) is 0 Å². The summed E-state index contributed by atoms with van der Waals surface area (Å²) in [6.07, 6.45) is 2.32. The molecule has 0 heterocycles. The first-order valence-corrected chi connectivity index (χ1v) is 3.91. The highest BCUT2D eigenvalue weighted by molar-refractivity contribution is 5.69. The van der Waals surface area contributed by atoms with E-state index in [0.29, 0.717) is 0 Å². The Hall–Kier alpha value is -1.82. The molecule has 0 aliphatic heterocycles. The summed E-state index contributed by atoms with van der Waals surface area (Å²) in [5, 5.41) is 0. The second-order valence-corrected chi connectivity index (χ2v) is 2.41. The zero-order chi connectivity index (χ0) is 18.3. The van der Waals surface area contributed by atoms with E-state index in [1.807, 2.05) is 0 Å². The summed E-state index contributed by atoms with van der Waals surface area (Å²) in [5.74, 6) is 0. The van der Waals surface area contributed by atoms with Crippen molar-refractivity contribution in [3.05, 3.63) is 71.6 Å². The lowest BCUT2D eigenvalue weighted by atomic mass is 10.1. The third-order valence-corrected chi connectivity index (χ3v) is 1.46. The van der Waals surface area contributed by atoms with Crippen LogP contribution in [0.5, 0.6) is 0 Å². The van der Waals surface area contributed by atoms with E-state index in [1.54, 1.807) is 0 Å². The molecule has 2 rings (SSSR count). The van der Waals surface area contributed by atoms with Crippen molar-refractivity contribution in [2.45, 2.75) is 0 Å². The Labute approximate surface area is 98.6 Å². The van der Waals surface area contributed by atoms with Crippen LogP contribution in [-0.2, 0) is 0 Å². The van der Waals surface area contributed by atoms with E-state index in [1.165, 1.54) is 0 Å². The standard InChI is InChI=1S/C14H12/c1-3-7-13(8-4-1)11-12-14-9-5-2-6-10-14/h1-12H/b12-11+/i1D,2D,3D,4D,5D,6D,7D,8D,9D,10D. The minimum absolute atomic E-state index is 0.118. The Morgan fingerprint density at radius 2 is 1.00 bits per heavy atom. The smallest absolute Gasteiger partial charge is 0.0622 e. The van der Waals surface area contributed by atoms with Crippen LogP contribution in [-0.4, -0.2) is 0 Å². The molecule has 0 spiro atoms. The molecule has 2 aromatic rings. The molecule has 0 N–H and O–H groups in total.